The Morgan fingerprint density at radius 1 is 1.47 bits per heavy atom. The molecule has 0 aromatic heterocycles. The maximum atomic E-state index is 11.9. The van der Waals surface area contributed by atoms with E-state index in [1.54, 1.807) is 6.92 Å². The summed E-state index contributed by atoms with van der Waals surface area (Å²) in [6, 6.07) is 1.95. The number of sulfonamides is 1. The molecule has 1 N–H and O–H groups in total. The Labute approximate surface area is 103 Å². The fourth-order valence-electron chi connectivity index (χ4n) is 2.10. The summed E-state index contributed by atoms with van der Waals surface area (Å²) in [6.45, 7) is 2.73. The number of aliphatic hydroxyl groups excluding tert-OH is 1. The van der Waals surface area contributed by atoms with E-state index in [0.29, 0.717) is 19.5 Å². The lowest BCUT2D eigenvalue weighted by Crippen LogP contribution is -2.41. The lowest BCUT2D eigenvalue weighted by molar-refractivity contribution is 0.0912. The van der Waals surface area contributed by atoms with Gasteiger partial charge in [0.25, 0.3) is 0 Å². The molecule has 1 rings (SSSR count). The maximum Gasteiger partial charge on any atom is 0.214 e. The molecule has 0 aromatic rings. The van der Waals surface area contributed by atoms with E-state index in [2.05, 4.69) is 0 Å². The number of unbranched alkanes of at least 4 members (excludes halogenated alkanes) is 1. The molecule has 98 valence electrons. The number of rotatable bonds is 5. The summed E-state index contributed by atoms with van der Waals surface area (Å²) >= 11 is 0. The molecule has 0 bridgehead atoms. The Kier molecular flexibility index (Phi) is 5.37. The van der Waals surface area contributed by atoms with Crippen molar-refractivity contribution in [1.29, 1.82) is 5.26 Å². The van der Waals surface area contributed by atoms with Gasteiger partial charge in [-0.15, -0.1) is 0 Å². The normalized spacial score (nSPS) is 21.0. The molecule has 0 radical (unpaired) electrons. The van der Waals surface area contributed by atoms with Gasteiger partial charge in [0, 0.05) is 19.5 Å². The molecule has 1 fully saturated rings. The number of hydrogen-bond acceptors (Lipinski definition) is 4. The Hall–Kier alpha value is -0.640. The number of piperidine rings is 1. The summed E-state index contributed by atoms with van der Waals surface area (Å²) in [7, 11) is -3.20. The van der Waals surface area contributed by atoms with Gasteiger partial charge in [-0.1, -0.05) is 0 Å². The highest BCUT2D eigenvalue weighted by Gasteiger charge is 2.29. The Morgan fingerprint density at radius 3 is 2.53 bits per heavy atom. The summed E-state index contributed by atoms with van der Waals surface area (Å²) in [6.07, 6.45) is 1.75. The second-order valence-corrected chi connectivity index (χ2v) is 6.64. The molecule has 1 unspecified atom stereocenters. The minimum absolute atomic E-state index is 0.0555. The first-order valence-corrected chi connectivity index (χ1v) is 7.61. The fraction of sp³-hybridized carbons (Fsp3) is 0.909. The minimum Gasteiger partial charge on any atom is -0.393 e. The number of nitrogens with zero attached hydrogens (tertiary/aromatic N) is 2. The first-order valence-electron chi connectivity index (χ1n) is 6.00. The van der Waals surface area contributed by atoms with Crippen LogP contribution in [-0.2, 0) is 10.0 Å². The van der Waals surface area contributed by atoms with Crippen LogP contribution in [0.15, 0.2) is 0 Å². The average molecular weight is 260 g/mol. The third-order valence-electron chi connectivity index (χ3n) is 3.27. The molecule has 1 atom stereocenters. The molecule has 1 aliphatic rings. The minimum atomic E-state index is -3.20. The van der Waals surface area contributed by atoms with E-state index in [-0.39, 0.29) is 24.2 Å². The lowest BCUT2D eigenvalue weighted by Gasteiger charge is -2.32. The predicted octanol–water partition coefficient (Wildman–Crippen LogP) is 0.713. The topological polar surface area (TPSA) is 81.4 Å². The van der Waals surface area contributed by atoms with E-state index in [1.807, 2.05) is 6.07 Å². The predicted molar refractivity (Wildman–Crippen MR) is 64.6 cm³/mol. The van der Waals surface area contributed by atoms with Gasteiger partial charge in [-0.3, -0.25) is 0 Å². The fourth-order valence-corrected chi connectivity index (χ4v) is 3.63. The summed E-state index contributed by atoms with van der Waals surface area (Å²) in [5.74, 6) is 0.264. The molecule has 0 saturated carbocycles. The van der Waals surface area contributed by atoms with Crippen molar-refractivity contribution < 1.29 is 13.5 Å². The van der Waals surface area contributed by atoms with Crippen LogP contribution in [0.2, 0.25) is 0 Å². The van der Waals surface area contributed by atoms with Gasteiger partial charge in [0.1, 0.15) is 0 Å². The average Bonchev–Trinajstić information content (AvgIpc) is 2.29. The van der Waals surface area contributed by atoms with E-state index >= 15 is 0 Å². The van der Waals surface area contributed by atoms with Gasteiger partial charge in [-0.05, 0) is 32.1 Å². The molecule has 0 amide bonds. The monoisotopic (exact) mass is 260 g/mol. The van der Waals surface area contributed by atoms with E-state index in [1.165, 1.54) is 4.31 Å². The molecule has 1 aliphatic heterocycles. The smallest absolute Gasteiger partial charge is 0.214 e. The van der Waals surface area contributed by atoms with Gasteiger partial charge in [0.2, 0.25) is 10.0 Å². The van der Waals surface area contributed by atoms with Crippen LogP contribution in [0.3, 0.4) is 0 Å². The van der Waals surface area contributed by atoms with Crippen molar-refractivity contribution in [3.8, 4) is 6.07 Å². The van der Waals surface area contributed by atoms with Gasteiger partial charge < -0.3 is 5.11 Å². The zero-order valence-electron chi connectivity index (χ0n) is 10.2. The summed E-state index contributed by atoms with van der Waals surface area (Å²) in [4.78, 5) is 0. The highest BCUT2D eigenvalue weighted by molar-refractivity contribution is 7.89. The van der Waals surface area contributed by atoms with Crippen molar-refractivity contribution in [1.82, 2.24) is 4.31 Å². The number of aliphatic hydroxyl groups is 1. The summed E-state index contributed by atoms with van der Waals surface area (Å²) in [5, 5.41) is 17.8. The molecular weight excluding hydrogens is 240 g/mol. The Balaban J connectivity index is 2.45. The lowest BCUT2D eigenvalue weighted by atomic mass is 9.93. The summed E-state index contributed by atoms with van der Waals surface area (Å²) in [5.41, 5.74) is 0. The van der Waals surface area contributed by atoms with Crippen molar-refractivity contribution in [2.45, 2.75) is 38.7 Å². The first kappa shape index (κ1) is 14.4. The zero-order chi connectivity index (χ0) is 12.9. The van der Waals surface area contributed by atoms with Crippen molar-refractivity contribution in [3.63, 3.8) is 0 Å². The van der Waals surface area contributed by atoms with Crippen LogP contribution in [0.5, 0.6) is 0 Å². The first-order chi connectivity index (χ1) is 7.97. The van der Waals surface area contributed by atoms with Crippen LogP contribution in [0.4, 0.5) is 0 Å². The standard InChI is InChI=1S/C11H20N2O3S/c1-10(14)11-4-7-13(8-5-11)17(15,16)9-3-2-6-12/h10-11,14H,2-5,7-9H2,1H3. The van der Waals surface area contributed by atoms with Gasteiger partial charge >= 0.3 is 0 Å². The molecule has 5 nitrogen and oxygen atoms in total. The third-order valence-corrected chi connectivity index (χ3v) is 5.22. The van der Waals surface area contributed by atoms with Gasteiger partial charge in [-0.2, -0.15) is 5.26 Å². The second-order valence-electron chi connectivity index (χ2n) is 4.55. The van der Waals surface area contributed by atoms with Crippen LogP contribution >= 0.6 is 0 Å². The van der Waals surface area contributed by atoms with E-state index in [4.69, 9.17) is 5.26 Å². The van der Waals surface area contributed by atoms with Crippen molar-refractivity contribution in [3.05, 3.63) is 0 Å². The van der Waals surface area contributed by atoms with E-state index in [9.17, 15) is 13.5 Å². The van der Waals surface area contributed by atoms with E-state index in [0.717, 1.165) is 12.8 Å². The third kappa shape index (κ3) is 4.26. The molecule has 0 aliphatic carbocycles. The van der Waals surface area contributed by atoms with Crippen molar-refractivity contribution in [2.75, 3.05) is 18.8 Å². The molecule has 0 aromatic carbocycles. The number of hydrogen-bond donors (Lipinski definition) is 1. The van der Waals surface area contributed by atoms with Crippen LogP contribution in [0.1, 0.15) is 32.6 Å². The molecule has 6 heteroatoms. The molecule has 0 spiro atoms. The van der Waals surface area contributed by atoms with Crippen LogP contribution in [-0.4, -0.2) is 42.8 Å². The van der Waals surface area contributed by atoms with Crippen molar-refractivity contribution >= 4 is 10.0 Å². The Morgan fingerprint density at radius 2 is 2.06 bits per heavy atom. The van der Waals surface area contributed by atoms with Gasteiger partial charge in [0.05, 0.1) is 17.9 Å². The summed E-state index contributed by atoms with van der Waals surface area (Å²) < 4.78 is 25.3. The Bertz CT molecular complexity index is 365. The molecular formula is C11H20N2O3S. The maximum absolute atomic E-state index is 11.9. The molecule has 1 heterocycles. The zero-order valence-corrected chi connectivity index (χ0v) is 11.0. The molecule has 1 saturated heterocycles. The van der Waals surface area contributed by atoms with Gasteiger partial charge in [0.15, 0.2) is 0 Å². The quantitative estimate of drug-likeness (QED) is 0.738. The van der Waals surface area contributed by atoms with Crippen LogP contribution in [0.25, 0.3) is 0 Å². The highest BCUT2D eigenvalue weighted by Crippen LogP contribution is 2.22. The van der Waals surface area contributed by atoms with Crippen LogP contribution < -0.4 is 0 Å². The SMILES string of the molecule is CC(O)C1CCN(S(=O)(=O)CCCC#N)CC1. The number of nitriles is 1. The van der Waals surface area contributed by atoms with Crippen LogP contribution in [0, 0.1) is 17.2 Å². The molecule has 17 heavy (non-hydrogen) atoms. The van der Waals surface area contributed by atoms with Gasteiger partial charge in [-0.25, -0.2) is 12.7 Å². The van der Waals surface area contributed by atoms with Crippen molar-refractivity contribution in [2.24, 2.45) is 5.92 Å². The second kappa shape index (κ2) is 6.34. The largest absolute Gasteiger partial charge is 0.393 e. The highest BCUT2D eigenvalue weighted by atomic mass is 32.2. The van der Waals surface area contributed by atoms with E-state index < -0.39 is 10.0 Å².